The second-order valence-corrected chi connectivity index (χ2v) is 11.1. The molecular weight excluding hydrogens is 520 g/mol. The maximum atomic E-state index is 12.5. The third-order valence-electron chi connectivity index (χ3n) is 5.84. The van der Waals surface area contributed by atoms with Gasteiger partial charge in [0.15, 0.2) is 0 Å². The Morgan fingerprint density at radius 2 is 1.78 bits per heavy atom. The second-order valence-electron chi connectivity index (χ2n) is 8.59. The van der Waals surface area contributed by atoms with Crippen molar-refractivity contribution in [3.63, 3.8) is 0 Å². The number of hydrogen-bond acceptors (Lipinski definition) is 8. The molecule has 0 aromatic heterocycles. The van der Waals surface area contributed by atoms with Crippen LogP contribution in [0, 0.1) is 0 Å². The van der Waals surface area contributed by atoms with Gasteiger partial charge < -0.3 is 10.1 Å². The average Bonchev–Trinajstić information content (AvgIpc) is 3.27. The molecule has 0 spiro atoms. The third-order valence-corrected chi connectivity index (χ3v) is 6.78. The highest BCUT2D eigenvalue weighted by Crippen LogP contribution is 2.45. The molecule has 1 aliphatic carbocycles. The maximum Gasteiger partial charge on any atom is 0.302 e. The fourth-order valence-electron chi connectivity index (χ4n) is 4.28. The summed E-state index contributed by atoms with van der Waals surface area (Å²) < 4.78 is 31.2. The van der Waals surface area contributed by atoms with Gasteiger partial charge in [0.2, 0.25) is 17.7 Å². The van der Waals surface area contributed by atoms with E-state index >= 15 is 0 Å². The second kappa shape index (κ2) is 11.9. The van der Waals surface area contributed by atoms with E-state index in [1.54, 1.807) is 6.26 Å². The lowest BCUT2D eigenvalue weighted by atomic mass is 9.97. The van der Waals surface area contributed by atoms with Gasteiger partial charge in [-0.1, -0.05) is 30.3 Å². The molecule has 37 heavy (non-hydrogen) atoms. The van der Waals surface area contributed by atoms with Gasteiger partial charge in [-0.25, -0.2) is 0 Å². The number of ether oxygens (including phenoxy) is 1. The summed E-state index contributed by atoms with van der Waals surface area (Å²) in [7, 11) is -3.67. The maximum absolute atomic E-state index is 12.5. The first-order valence-corrected chi connectivity index (χ1v) is 14.5. The molecule has 3 amide bonds. The van der Waals surface area contributed by atoms with Gasteiger partial charge in [-0.15, -0.1) is 0 Å². The van der Waals surface area contributed by atoms with Crippen LogP contribution in [0.4, 0.5) is 5.69 Å². The Hall–Kier alpha value is -3.22. The highest BCUT2D eigenvalue weighted by Gasteiger charge is 2.38. The van der Waals surface area contributed by atoms with Gasteiger partial charge in [0, 0.05) is 37.9 Å². The summed E-state index contributed by atoms with van der Waals surface area (Å²) in [5.74, 6) is -1.17. The van der Waals surface area contributed by atoms with Crippen LogP contribution in [0.3, 0.4) is 0 Å². The number of fused-ring (bicyclic) bond motifs is 3. The summed E-state index contributed by atoms with van der Waals surface area (Å²) in [4.78, 5) is 49.3. The fourth-order valence-corrected chi connectivity index (χ4v) is 4.91. The van der Waals surface area contributed by atoms with Gasteiger partial charge >= 0.3 is 5.97 Å². The molecule has 2 unspecified atom stereocenters. The van der Waals surface area contributed by atoms with Gasteiger partial charge in [0.1, 0.15) is 6.61 Å². The summed E-state index contributed by atoms with van der Waals surface area (Å²) in [6, 6.07) is 13.7. The van der Waals surface area contributed by atoms with Crippen LogP contribution in [0.5, 0.6) is 0 Å². The minimum Gasteiger partial charge on any atom is -0.465 e. The number of thioether (sulfide) groups is 1. The molecule has 12 heteroatoms. The lowest BCUT2D eigenvalue weighted by Crippen LogP contribution is -2.34. The number of carbonyl (C=O) groups excluding carboxylic acids is 4. The number of nitrogens with zero attached hydrogens (tertiary/aromatic N) is 1. The molecule has 1 aliphatic heterocycles. The van der Waals surface area contributed by atoms with Crippen LogP contribution < -0.4 is 5.32 Å². The van der Waals surface area contributed by atoms with Gasteiger partial charge in [0.25, 0.3) is 10.1 Å². The molecule has 0 radical (unpaired) electrons. The molecule has 2 aliphatic rings. The molecule has 2 N–H and O–H groups in total. The molecule has 2 aromatic carbocycles. The zero-order chi connectivity index (χ0) is 27.3. The Balaban J connectivity index is 0.000000695. The molecule has 4 rings (SSSR count). The Bertz CT molecular complexity index is 1320. The summed E-state index contributed by atoms with van der Waals surface area (Å²) in [5.41, 5.74) is 4.83. The zero-order valence-electron chi connectivity index (χ0n) is 20.6. The van der Waals surface area contributed by atoms with Crippen molar-refractivity contribution < 1.29 is 36.9 Å². The summed E-state index contributed by atoms with van der Waals surface area (Å²) in [5, 5.41) is 2.51. The van der Waals surface area contributed by atoms with Crippen LogP contribution >= 0.6 is 11.8 Å². The number of esters is 1. The van der Waals surface area contributed by atoms with Crippen LogP contribution in [0.1, 0.15) is 36.8 Å². The summed E-state index contributed by atoms with van der Waals surface area (Å²) in [6.45, 7) is 1.69. The number of hydrogen-bond donors (Lipinski definition) is 2. The van der Waals surface area contributed by atoms with Crippen molar-refractivity contribution in [3.8, 4) is 11.1 Å². The Morgan fingerprint density at radius 3 is 2.41 bits per heavy atom. The monoisotopic (exact) mass is 548 g/mol. The normalized spacial score (nSPS) is 18.0. The van der Waals surface area contributed by atoms with Crippen LogP contribution in [0.25, 0.3) is 11.1 Å². The topological polar surface area (TPSA) is 147 Å². The lowest BCUT2D eigenvalue weighted by molar-refractivity contribution is -0.141. The standard InChI is InChI=1S/C24H24N2O5S.CH4O3S/c1-14(27)31-13-20-17-6-4-3-5-16(17)18-8-7-15(11-19(18)20)25-22(28)9-10-26-23(29)12-21(32-2)24(26)30;1-5(2,3)4/h3-8,11,20-21H,9-10,12-13H2,1-2H3,(H,25,28);1H3,(H,2,3,4). The van der Waals surface area contributed by atoms with Crippen molar-refractivity contribution in [1.29, 1.82) is 0 Å². The van der Waals surface area contributed by atoms with E-state index in [2.05, 4.69) is 5.32 Å². The molecule has 10 nitrogen and oxygen atoms in total. The highest BCUT2D eigenvalue weighted by molar-refractivity contribution is 8.00. The highest BCUT2D eigenvalue weighted by atomic mass is 32.2. The molecule has 0 saturated carbocycles. The van der Waals surface area contributed by atoms with Crippen molar-refractivity contribution in [2.75, 3.05) is 31.0 Å². The molecule has 2 atom stereocenters. The minimum atomic E-state index is -3.67. The molecule has 1 fully saturated rings. The van der Waals surface area contributed by atoms with E-state index in [0.717, 1.165) is 22.3 Å². The van der Waals surface area contributed by atoms with E-state index in [1.807, 2.05) is 42.5 Å². The number of amides is 3. The van der Waals surface area contributed by atoms with E-state index in [0.29, 0.717) is 11.9 Å². The first-order valence-electron chi connectivity index (χ1n) is 11.3. The Labute approximate surface area is 219 Å². The summed E-state index contributed by atoms with van der Waals surface area (Å²) in [6.07, 6.45) is 2.74. The predicted molar refractivity (Wildman–Crippen MR) is 140 cm³/mol. The number of rotatable bonds is 7. The number of imide groups is 1. The van der Waals surface area contributed by atoms with E-state index < -0.39 is 10.1 Å². The average molecular weight is 549 g/mol. The van der Waals surface area contributed by atoms with Gasteiger partial charge in [-0.3, -0.25) is 28.6 Å². The van der Waals surface area contributed by atoms with Gasteiger partial charge in [-0.05, 0) is 40.6 Å². The molecule has 1 saturated heterocycles. The largest absolute Gasteiger partial charge is 0.465 e. The third kappa shape index (κ3) is 7.40. The van der Waals surface area contributed by atoms with E-state index in [-0.39, 0.29) is 60.9 Å². The van der Waals surface area contributed by atoms with Crippen LogP contribution in [0.15, 0.2) is 42.5 Å². The van der Waals surface area contributed by atoms with Crippen LogP contribution in [-0.2, 0) is 34.0 Å². The molecule has 2 aromatic rings. The van der Waals surface area contributed by atoms with Crippen molar-refractivity contribution in [2.45, 2.75) is 30.9 Å². The van der Waals surface area contributed by atoms with Gasteiger partial charge in [0.05, 0.1) is 11.5 Å². The SMILES string of the molecule is CS(=O)(=O)O.CSC1CC(=O)N(CCC(=O)Nc2ccc3c(c2)C(COC(C)=O)c2ccccc2-3)C1=O. The first kappa shape index (κ1) is 28.4. The van der Waals surface area contributed by atoms with Crippen molar-refractivity contribution in [2.24, 2.45) is 0 Å². The number of nitrogens with one attached hydrogen (secondary N) is 1. The molecular formula is C25H28N2O8S2. The minimum absolute atomic E-state index is 0.0345. The lowest BCUT2D eigenvalue weighted by Gasteiger charge is -2.16. The smallest absolute Gasteiger partial charge is 0.302 e. The van der Waals surface area contributed by atoms with Crippen molar-refractivity contribution in [3.05, 3.63) is 53.6 Å². The molecule has 1 heterocycles. The summed E-state index contributed by atoms with van der Waals surface area (Å²) >= 11 is 1.35. The predicted octanol–water partition coefficient (Wildman–Crippen LogP) is 2.69. The number of anilines is 1. The van der Waals surface area contributed by atoms with E-state index in [4.69, 9.17) is 9.29 Å². The van der Waals surface area contributed by atoms with Crippen LogP contribution in [0.2, 0.25) is 0 Å². The first-order chi connectivity index (χ1) is 17.4. The van der Waals surface area contributed by atoms with Gasteiger partial charge in [-0.2, -0.15) is 20.2 Å². The van der Waals surface area contributed by atoms with E-state index in [9.17, 15) is 27.6 Å². The zero-order valence-corrected chi connectivity index (χ0v) is 22.2. The number of likely N-dealkylation sites (tertiary alicyclic amines) is 1. The number of carbonyl (C=O) groups is 4. The Kier molecular flexibility index (Phi) is 9.11. The molecule has 198 valence electrons. The quantitative estimate of drug-likeness (QED) is 0.303. The van der Waals surface area contributed by atoms with Crippen LogP contribution in [-0.4, -0.2) is 72.5 Å². The number of benzene rings is 2. The van der Waals surface area contributed by atoms with Crippen molar-refractivity contribution in [1.82, 2.24) is 4.90 Å². The van der Waals surface area contributed by atoms with E-state index in [1.165, 1.54) is 23.6 Å². The molecule has 0 bridgehead atoms. The van der Waals surface area contributed by atoms with Crippen molar-refractivity contribution >= 4 is 51.3 Å². The fraction of sp³-hybridized carbons (Fsp3) is 0.360. The Morgan fingerprint density at radius 1 is 1.14 bits per heavy atom.